The van der Waals surface area contributed by atoms with Crippen molar-refractivity contribution in [1.29, 1.82) is 0 Å². The lowest BCUT2D eigenvalue weighted by Gasteiger charge is -2.11. The van der Waals surface area contributed by atoms with Crippen molar-refractivity contribution < 1.29 is 9.94 Å². The summed E-state index contributed by atoms with van der Waals surface area (Å²) in [4.78, 5) is 2.10. The predicted molar refractivity (Wildman–Crippen MR) is 72.6 cm³/mol. The summed E-state index contributed by atoms with van der Waals surface area (Å²) in [6.07, 6.45) is 0.937. The minimum Gasteiger partial charge on any atom is -0.493 e. The molecule has 1 aromatic rings. The van der Waals surface area contributed by atoms with Gasteiger partial charge in [0, 0.05) is 12.1 Å². The molecule has 0 amide bonds. The lowest BCUT2D eigenvalue weighted by atomic mass is 10.2. The van der Waals surface area contributed by atoms with Crippen LogP contribution >= 0.6 is 11.6 Å². The summed E-state index contributed by atoms with van der Waals surface area (Å²) in [7, 11) is 4.03. The fraction of sp³-hybridized carbons (Fsp3) is 0.417. The number of ether oxygens (including phenoxy) is 1. The molecule has 0 spiro atoms. The summed E-state index contributed by atoms with van der Waals surface area (Å²) in [6.45, 7) is 1.59. The molecule has 5 nitrogen and oxygen atoms in total. The molecule has 0 aliphatic carbocycles. The Bertz CT molecular complexity index is 422. The Hall–Kier alpha value is -1.46. The second kappa shape index (κ2) is 7.08. The Kier molecular flexibility index (Phi) is 5.74. The zero-order chi connectivity index (χ0) is 13.5. The summed E-state index contributed by atoms with van der Waals surface area (Å²) in [6, 6.07) is 5.07. The van der Waals surface area contributed by atoms with Crippen molar-refractivity contribution in [2.24, 2.45) is 10.9 Å². The first-order valence-corrected chi connectivity index (χ1v) is 5.97. The van der Waals surface area contributed by atoms with Crippen molar-refractivity contribution in [3.05, 3.63) is 28.8 Å². The van der Waals surface area contributed by atoms with E-state index >= 15 is 0 Å². The molecule has 18 heavy (non-hydrogen) atoms. The maximum Gasteiger partial charge on any atom is 0.171 e. The van der Waals surface area contributed by atoms with Crippen LogP contribution in [0.1, 0.15) is 12.0 Å². The highest BCUT2D eigenvalue weighted by Crippen LogP contribution is 2.22. The van der Waals surface area contributed by atoms with Crippen LogP contribution in [0.25, 0.3) is 0 Å². The lowest BCUT2D eigenvalue weighted by molar-refractivity contribution is 0.281. The molecule has 0 aliphatic rings. The van der Waals surface area contributed by atoms with E-state index in [9.17, 15) is 0 Å². The van der Waals surface area contributed by atoms with Crippen molar-refractivity contribution >= 4 is 17.4 Å². The molecule has 0 aromatic heterocycles. The Morgan fingerprint density at radius 2 is 2.22 bits per heavy atom. The monoisotopic (exact) mass is 271 g/mol. The van der Waals surface area contributed by atoms with Gasteiger partial charge >= 0.3 is 0 Å². The zero-order valence-electron chi connectivity index (χ0n) is 10.6. The van der Waals surface area contributed by atoms with E-state index in [-0.39, 0.29) is 5.84 Å². The second-order valence-corrected chi connectivity index (χ2v) is 4.54. The van der Waals surface area contributed by atoms with Crippen molar-refractivity contribution in [2.75, 3.05) is 27.2 Å². The van der Waals surface area contributed by atoms with Gasteiger partial charge in [-0.3, -0.25) is 0 Å². The fourth-order valence-corrected chi connectivity index (χ4v) is 1.69. The maximum absolute atomic E-state index is 8.58. The third kappa shape index (κ3) is 4.43. The van der Waals surface area contributed by atoms with E-state index in [2.05, 4.69) is 10.1 Å². The smallest absolute Gasteiger partial charge is 0.171 e. The van der Waals surface area contributed by atoms with E-state index in [1.807, 2.05) is 14.1 Å². The maximum atomic E-state index is 8.58. The van der Waals surface area contributed by atoms with Gasteiger partial charge in [-0.2, -0.15) is 0 Å². The molecule has 0 atom stereocenters. The van der Waals surface area contributed by atoms with Crippen LogP contribution in [0.2, 0.25) is 5.02 Å². The van der Waals surface area contributed by atoms with E-state index in [0.717, 1.165) is 13.0 Å². The molecule has 0 saturated carbocycles. The van der Waals surface area contributed by atoms with Crippen LogP contribution in [0.4, 0.5) is 0 Å². The molecule has 3 N–H and O–H groups in total. The average Bonchev–Trinajstić information content (AvgIpc) is 2.33. The molecule has 0 fully saturated rings. The Morgan fingerprint density at radius 3 is 2.78 bits per heavy atom. The van der Waals surface area contributed by atoms with Crippen LogP contribution < -0.4 is 10.5 Å². The standard InChI is InChI=1S/C12H18ClN3O2/c1-16(2)6-3-7-18-9-4-5-10(11(13)8-9)12(14)15-17/h4-5,8,17H,3,6-7H2,1-2H3,(H2,14,15). The number of rotatable bonds is 6. The highest BCUT2D eigenvalue weighted by Gasteiger charge is 2.06. The number of nitrogens with two attached hydrogens (primary N) is 1. The molecule has 0 bridgehead atoms. The largest absolute Gasteiger partial charge is 0.493 e. The number of amidine groups is 1. The van der Waals surface area contributed by atoms with Gasteiger partial charge in [-0.1, -0.05) is 16.8 Å². The summed E-state index contributed by atoms with van der Waals surface area (Å²) in [5.41, 5.74) is 5.96. The van der Waals surface area contributed by atoms with E-state index in [1.165, 1.54) is 0 Å². The number of nitrogens with zero attached hydrogens (tertiary/aromatic N) is 2. The van der Waals surface area contributed by atoms with Crippen molar-refractivity contribution in [1.82, 2.24) is 4.90 Å². The van der Waals surface area contributed by atoms with Gasteiger partial charge in [-0.15, -0.1) is 0 Å². The molecule has 0 heterocycles. The van der Waals surface area contributed by atoms with Gasteiger partial charge in [-0.05, 0) is 38.7 Å². The highest BCUT2D eigenvalue weighted by atomic mass is 35.5. The number of hydrogen-bond donors (Lipinski definition) is 2. The van der Waals surface area contributed by atoms with Crippen LogP contribution in [0.3, 0.4) is 0 Å². The van der Waals surface area contributed by atoms with Gasteiger partial charge in [0.2, 0.25) is 0 Å². The quantitative estimate of drug-likeness (QED) is 0.272. The Morgan fingerprint density at radius 1 is 1.50 bits per heavy atom. The minimum absolute atomic E-state index is 0.0147. The van der Waals surface area contributed by atoms with Crippen LogP contribution in [0.5, 0.6) is 5.75 Å². The molecule has 1 rings (SSSR count). The van der Waals surface area contributed by atoms with Crippen molar-refractivity contribution in [3.8, 4) is 5.75 Å². The Balaban J connectivity index is 2.57. The topological polar surface area (TPSA) is 71.1 Å². The molecule has 1 aromatic carbocycles. The van der Waals surface area contributed by atoms with Crippen LogP contribution in [0.15, 0.2) is 23.4 Å². The molecule has 0 saturated heterocycles. The molecule has 0 aliphatic heterocycles. The summed E-state index contributed by atoms with van der Waals surface area (Å²) < 4.78 is 5.55. The molecule has 6 heteroatoms. The van der Waals surface area contributed by atoms with Crippen molar-refractivity contribution in [2.45, 2.75) is 6.42 Å². The van der Waals surface area contributed by atoms with Crippen LogP contribution in [-0.2, 0) is 0 Å². The normalized spacial score (nSPS) is 11.9. The number of halogens is 1. The SMILES string of the molecule is CN(C)CCCOc1ccc(C(N)=NO)c(Cl)c1. The predicted octanol–water partition coefficient (Wildman–Crippen LogP) is 1.77. The second-order valence-electron chi connectivity index (χ2n) is 4.13. The van der Waals surface area contributed by atoms with Crippen molar-refractivity contribution in [3.63, 3.8) is 0 Å². The first-order chi connectivity index (χ1) is 8.54. The average molecular weight is 272 g/mol. The van der Waals surface area contributed by atoms with Crippen LogP contribution in [-0.4, -0.2) is 43.2 Å². The number of benzene rings is 1. The van der Waals surface area contributed by atoms with Gasteiger partial charge in [0.05, 0.1) is 11.6 Å². The number of hydrogen-bond acceptors (Lipinski definition) is 4. The van der Waals surface area contributed by atoms with Gasteiger partial charge in [0.1, 0.15) is 5.75 Å². The molecular formula is C12H18ClN3O2. The fourth-order valence-electron chi connectivity index (χ4n) is 1.42. The third-order valence-electron chi connectivity index (χ3n) is 2.34. The Labute approximate surface area is 112 Å². The molecule has 100 valence electrons. The number of oxime groups is 1. The molecule has 0 unspecified atom stereocenters. The zero-order valence-corrected chi connectivity index (χ0v) is 11.3. The first-order valence-electron chi connectivity index (χ1n) is 5.59. The van der Waals surface area contributed by atoms with E-state index < -0.39 is 0 Å². The summed E-state index contributed by atoms with van der Waals surface area (Å²) in [5, 5.41) is 11.9. The van der Waals surface area contributed by atoms with E-state index in [4.69, 9.17) is 27.3 Å². The van der Waals surface area contributed by atoms with Gasteiger partial charge in [0.25, 0.3) is 0 Å². The summed E-state index contributed by atoms with van der Waals surface area (Å²) in [5.74, 6) is 0.660. The first kappa shape index (κ1) is 14.6. The summed E-state index contributed by atoms with van der Waals surface area (Å²) >= 11 is 6.01. The molecule has 0 radical (unpaired) electrons. The highest BCUT2D eigenvalue weighted by molar-refractivity contribution is 6.34. The van der Waals surface area contributed by atoms with E-state index in [0.29, 0.717) is 22.9 Å². The van der Waals surface area contributed by atoms with Crippen LogP contribution in [0, 0.1) is 0 Å². The lowest BCUT2D eigenvalue weighted by Crippen LogP contribution is -2.16. The minimum atomic E-state index is -0.0147. The van der Waals surface area contributed by atoms with Gasteiger partial charge < -0.3 is 20.6 Å². The van der Waals surface area contributed by atoms with E-state index in [1.54, 1.807) is 18.2 Å². The third-order valence-corrected chi connectivity index (χ3v) is 2.66. The van der Waals surface area contributed by atoms with Gasteiger partial charge in [-0.25, -0.2) is 0 Å². The molecular weight excluding hydrogens is 254 g/mol. The van der Waals surface area contributed by atoms with Gasteiger partial charge in [0.15, 0.2) is 5.84 Å².